The van der Waals surface area contributed by atoms with E-state index in [-0.39, 0.29) is 18.3 Å². The van der Waals surface area contributed by atoms with Gasteiger partial charge in [0, 0.05) is 12.5 Å². The van der Waals surface area contributed by atoms with E-state index in [9.17, 15) is 4.79 Å². The number of aryl methyl sites for hydroxylation is 1. The third-order valence-corrected chi connectivity index (χ3v) is 4.85. The summed E-state index contributed by atoms with van der Waals surface area (Å²) < 4.78 is 1.45. The number of hydrogen-bond donors (Lipinski definition) is 2. The molecule has 2 heterocycles. The van der Waals surface area contributed by atoms with Gasteiger partial charge in [0.2, 0.25) is 5.91 Å². The van der Waals surface area contributed by atoms with Crippen LogP contribution in [0.3, 0.4) is 0 Å². The Morgan fingerprint density at radius 3 is 2.70 bits per heavy atom. The lowest BCUT2D eigenvalue weighted by molar-refractivity contribution is -0.122. The Balaban J connectivity index is 0.00000200. The predicted octanol–water partition coefficient (Wildman–Crippen LogP) is 3.67. The first kappa shape index (κ1) is 18.1. The molecule has 1 aliphatic rings. The van der Waals surface area contributed by atoms with Crippen LogP contribution in [0.4, 0.5) is 0 Å². The van der Waals surface area contributed by atoms with Crippen LogP contribution in [-0.4, -0.2) is 25.0 Å². The predicted molar refractivity (Wildman–Crippen MR) is 88.6 cm³/mol. The van der Waals surface area contributed by atoms with Gasteiger partial charge in [0.15, 0.2) is 0 Å². The molecule has 3 nitrogen and oxygen atoms in total. The van der Waals surface area contributed by atoms with Crippen LogP contribution in [-0.2, 0) is 11.2 Å². The first-order valence-corrected chi connectivity index (χ1v) is 8.16. The number of carbonyl (C=O) groups excluding carboxylic acids is 1. The Morgan fingerprint density at radius 1 is 1.40 bits per heavy atom. The van der Waals surface area contributed by atoms with Gasteiger partial charge in [-0.2, -0.15) is 0 Å². The minimum absolute atomic E-state index is 0. The highest BCUT2D eigenvalue weighted by Gasteiger charge is 2.15. The Hall–Kier alpha value is -0.000000000000000104. The molecule has 20 heavy (non-hydrogen) atoms. The van der Waals surface area contributed by atoms with Crippen LogP contribution >= 0.6 is 46.9 Å². The van der Waals surface area contributed by atoms with Gasteiger partial charge >= 0.3 is 0 Å². The van der Waals surface area contributed by atoms with Crippen LogP contribution in [0, 0.1) is 0 Å². The van der Waals surface area contributed by atoms with E-state index in [2.05, 4.69) is 10.6 Å². The molecule has 0 aromatic carbocycles. The van der Waals surface area contributed by atoms with E-state index >= 15 is 0 Å². The van der Waals surface area contributed by atoms with Crippen molar-refractivity contribution < 1.29 is 4.79 Å². The van der Waals surface area contributed by atoms with Gasteiger partial charge in [0.25, 0.3) is 0 Å². The Kier molecular flexibility index (Phi) is 8.22. The van der Waals surface area contributed by atoms with Gasteiger partial charge < -0.3 is 10.6 Å². The number of piperidine rings is 1. The molecule has 0 unspecified atom stereocenters. The van der Waals surface area contributed by atoms with Crippen molar-refractivity contribution in [1.82, 2.24) is 10.6 Å². The molecule has 1 aliphatic heterocycles. The average molecular weight is 358 g/mol. The molecule has 0 atom stereocenters. The minimum atomic E-state index is 0. The zero-order valence-electron chi connectivity index (χ0n) is 11.1. The summed E-state index contributed by atoms with van der Waals surface area (Å²) in [5, 5.41) is 6.37. The van der Waals surface area contributed by atoms with Gasteiger partial charge in [-0.05, 0) is 50.4 Å². The van der Waals surface area contributed by atoms with Gasteiger partial charge in [0.1, 0.15) is 0 Å². The topological polar surface area (TPSA) is 41.1 Å². The molecule has 0 saturated carbocycles. The molecule has 7 heteroatoms. The maximum Gasteiger partial charge on any atom is 0.220 e. The first-order valence-electron chi connectivity index (χ1n) is 6.59. The zero-order chi connectivity index (χ0) is 13.7. The molecule has 114 valence electrons. The summed E-state index contributed by atoms with van der Waals surface area (Å²) in [6, 6.07) is 2.23. The highest BCUT2D eigenvalue weighted by Crippen LogP contribution is 2.31. The molecule has 0 aliphatic carbocycles. The van der Waals surface area contributed by atoms with Crippen LogP contribution < -0.4 is 10.6 Å². The van der Waals surface area contributed by atoms with Crippen molar-refractivity contribution in [1.29, 1.82) is 0 Å². The summed E-state index contributed by atoms with van der Waals surface area (Å²) in [7, 11) is 0. The second-order valence-corrected chi connectivity index (χ2v) is 7.08. The summed E-state index contributed by atoms with van der Waals surface area (Å²) in [4.78, 5) is 11.8. The number of halogens is 3. The summed E-state index contributed by atoms with van der Waals surface area (Å²) in [6.45, 7) is 1.99. The number of rotatable bonds is 5. The second-order valence-electron chi connectivity index (χ2n) is 4.79. The minimum Gasteiger partial charge on any atom is -0.353 e. The Labute approximate surface area is 139 Å². The molecule has 2 rings (SSSR count). The van der Waals surface area contributed by atoms with Gasteiger partial charge in [-0.1, -0.05) is 23.2 Å². The summed E-state index contributed by atoms with van der Waals surface area (Å²) in [5.41, 5.74) is 1.05. The second kappa shape index (κ2) is 9.11. The third kappa shape index (κ3) is 5.78. The van der Waals surface area contributed by atoms with E-state index in [0.717, 1.165) is 48.7 Å². The largest absolute Gasteiger partial charge is 0.353 e. The standard InChI is InChI=1S/C13H18Cl2N2OS.ClH/c14-11-8-9(13(15)19-11)2-1-3-12(18)17-10-4-6-16-7-5-10;/h8,10,16H,1-7H2,(H,17,18);1H. The molecule has 1 amide bonds. The van der Waals surface area contributed by atoms with Crippen LogP contribution in [0.5, 0.6) is 0 Å². The maximum atomic E-state index is 11.8. The summed E-state index contributed by atoms with van der Waals surface area (Å²) in [5.74, 6) is 0.143. The van der Waals surface area contributed by atoms with Gasteiger partial charge in [-0.25, -0.2) is 0 Å². The SMILES string of the molecule is Cl.O=C(CCCc1cc(Cl)sc1Cl)NC1CCNCC1. The van der Waals surface area contributed by atoms with Crippen LogP contribution in [0.25, 0.3) is 0 Å². The lowest BCUT2D eigenvalue weighted by Crippen LogP contribution is -2.42. The van der Waals surface area contributed by atoms with E-state index in [1.807, 2.05) is 6.07 Å². The first-order chi connectivity index (χ1) is 9.15. The number of carbonyl (C=O) groups is 1. The molecule has 0 radical (unpaired) electrons. The van der Waals surface area contributed by atoms with Crippen molar-refractivity contribution in [3.05, 3.63) is 20.3 Å². The quantitative estimate of drug-likeness (QED) is 0.844. The lowest BCUT2D eigenvalue weighted by Gasteiger charge is -2.23. The van der Waals surface area contributed by atoms with Crippen molar-refractivity contribution in [2.45, 2.75) is 38.1 Å². The molecule has 1 fully saturated rings. The fraction of sp³-hybridized carbons (Fsp3) is 0.615. The molecule has 0 bridgehead atoms. The van der Waals surface area contributed by atoms with E-state index in [1.54, 1.807) is 0 Å². The van der Waals surface area contributed by atoms with Crippen molar-refractivity contribution in [2.75, 3.05) is 13.1 Å². The smallest absolute Gasteiger partial charge is 0.220 e. The number of nitrogens with one attached hydrogen (secondary N) is 2. The monoisotopic (exact) mass is 356 g/mol. The van der Waals surface area contributed by atoms with E-state index in [0.29, 0.717) is 16.8 Å². The lowest BCUT2D eigenvalue weighted by atomic mass is 10.1. The molecular formula is C13H19Cl3N2OS. The molecule has 1 aromatic rings. The molecule has 2 N–H and O–H groups in total. The van der Waals surface area contributed by atoms with Gasteiger partial charge in [-0.15, -0.1) is 23.7 Å². The van der Waals surface area contributed by atoms with Crippen LogP contribution in [0.15, 0.2) is 6.07 Å². The highest BCUT2D eigenvalue weighted by molar-refractivity contribution is 7.20. The zero-order valence-corrected chi connectivity index (χ0v) is 14.2. The molecule has 1 saturated heterocycles. The van der Waals surface area contributed by atoms with Crippen LogP contribution in [0.1, 0.15) is 31.2 Å². The highest BCUT2D eigenvalue weighted by atomic mass is 35.5. The van der Waals surface area contributed by atoms with E-state index in [1.165, 1.54) is 11.3 Å². The normalized spacial score (nSPS) is 15.7. The fourth-order valence-corrected chi connectivity index (χ4v) is 3.79. The van der Waals surface area contributed by atoms with Crippen molar-refractivity contribution in [3.8, 4) is 0 Å². The van der Waals surface area contributed by atoms with E-state index < -0.39 is 0 Å². The molecular weight excluding hydrogens is 339 g/mol. The van der Waals surface area contributed by atoms with Crippen LogP contribution in [0.2, 0.25) is 8.67 Å². The third-order valence-electron chi connectivity index (χ3n) is 3.28. The molecule has 0 spiro atoms. The number of hydrogen-bond acceptors (Lipinski definition) is 3. The van der Waals surface area contributed by atoms with Crippen molar-refractivity contribution in [2.24, 2.45) is 0 Å². The Morgan fingerprint density at radius 2 is 2.10 bits per heavy atom. The molecule has 1 aromatic heterocycles. The number of thiophene rings is 1. The van der Waals surface area contributed by atoms with Gasteiger partial charge in [-0.3, -0.25) is 4.79 Å². The number of amides is 1. The van der Waals surface area contributed by atoms with Crippen molar-refractivity contribution in [3.63, 3.8) is 0 Å². The van der Waals surface area contributed by atoms with E-state index in [4.69, 9.17) is 23.2 Å². The summed E-state index contributed by atoms with van der Waals surface area (Å²) >= 11 is 13.3. The average Bonchev–Trinajstić information content (AvgIpc) is 2.69. The maximum absolute atomic E-state index is 11.8. The fourth-order valence-electron chi connectivity index (χ4n) is 2.25. The van der Waals surface area contributed by atoms with Gasteiger partial charge in [0.05, 0.1) is 8.67 Å². The van der Waals surface area contributed by atoms with Crippen molar-refractivity contribution >= 4 is 52.9 Å². The Bertz CT molecular complexity index is 433. The summed E-state index contributed by atoms with van der Waals surface area (Å²) in [6.07, 6.45) is 4.22.